The molecule has 0 aliphatic rings. The fourth-order valence-electron chi connectivity index (χ4n) is 1.55. The minimum Gasteiger partial charge on any atom is -0.476 e. The fraction of sp³-hybridized carbons (Fsp3) is 0.636. The molecule has 0 spiro atoms. The number of amides is 1. The molecule has 0 atom stereocenters. The van der Waals surface area contributed by atoms with E-state index in [1.807, 2.05) is 0 Å². The minimum atomic E-state index is -1.13. The van der Waals surface area contributed by atoms with Gasteiger partial charge in [0.25, 0.3) is 0 Å². The topological polar surface area (TPSA) is 97.5 Å². The van der Waals surface area contributed by atoms with Crippen LogP contribution in [0.2, 0.25) is 0 Å². The monoisotopic (exact) mass is 270 g/mol. The van der Waals surface area contributed by atoms with Gasteiger partial charge in [0.1, 0.15) is 0 Å². The van der Waals surface area contributed by atoms with E-state index in [9.17, 15) is 9.59 Å². The summed E-state index contributed by atoms with van der Waals surface area (Å²) in [6.45, 7) is 0.672. The second-order valence-corrected chi connectivity index (χ2v) is 4.19. The third-order valence-electron chi connectivity index (χ3n) is 2.62. The van der Waals surface area contributed by atoms with E-state index in [4.69, 9.17) is 9.84 Å². The molecule has 106 valence electrons. The first-order chi connectivity index (χ1) is 8.97. The molecule has 0 aliphatic heterocycles. The predicted molar refractivity (Wildman–Crippen MR) is 65.9 cm³/mol. The third kappa shape index (κ3) is 4.02. The molecule has 8 heteroatoms. The number of carboxylic acids is 1. The Balaban J connectivity index is 2.82. The molecule has 1 aromatic heterocycles. The summed E-state index contributed by atoms with van der Waals surface area (Å²) in [5, 5.41) is 16.4. The molecule has 0 bridgehead atoms. The Kier molecular flexibility index (Phi) is 5.43. The molecule has 1 rings (SSSR count). The average molecular weight is 270 g/mol. The molecule has 19 heavy (non-hydrogen) atoms. The van der Waals surface area contributed by atoms with Crippen molar-refractivity contribution in [3.8, 4) is 0 Å². The van der Waals surface area contributed by atoms with Crippen molar-refractivity contribution in [2.75, 3.05) is 27.8 Å². The summed E-state index contributed by atoms with van der Waals surface area (Å²) in [5.41, 5.74) is 0.384. The van der Waals surface area contributed by atoms with Gasteiger partial charge in [0.05, 0.1) is 18.8 Å². The van der Waals surface area contributed by atoms with Crippen molar-refractivity contribution in [1.82, 2.24) is 19.9 Å². The molecule has 0 fully saturated rings. The first kappa shape index (κ1) is 15.1. The number of aryl methyl sites for hydroxylation is 1. The summed E-state index contributed by atoms with van der Waals surface area (Å²) in [5.74, 6) is -1.18. The van der Waals surface area contributed by atoms with Gasteiger partial charge >= 0.3 is 5.97 Å². The molecule has 0 saturated carbocycles. The molecule has 0 aliphatic carbocycles. The zero-order valence-electron chi connectivity index (χ0n) is 11.3. The van der Waals surface area contributed by atoms with Crippen molar-refractivity contribution in [3.63, 3.8) is 0 Å². The van der Waals surface area contributed by atoms with Crippen molar-refractivity contribution >= 4 is 11.9 Å². The van der Waals surface area contributed by atoms with Crippen LogP contribution in [0.4, 0.5) is 0 Å². The Morgan fingerprint density at radius 3 is 2.63 bits per heavy atom. The third-order valence-corrected chi connectivity index (χ3v) is 2.62. The molecule has 8 nitrogen and oxygen atoms in total. The van der Waals surface area contributed by atoms with Crippen LogP contribution in [0.1, 0.15) is 22.6 Å². The molecule has 0 aromatic carbocycles. The summed E-state index contributed by atoms with van der Waals surface area (Å²) in [6, 6.07) is 0. The lowest BCUT2D eigenvalue weighted by Gasteiger charge is -2.11. The highest BCUT2D eigenvalue weighted by molar-refractivity contribution is 5.86. The largest absolute Gasteiger partial charge is 0.476 e. The molecule has 0 radical (unpaired) electrons. The first-order valence-corrected chi connectivity index (χ1v) is 5.82. The van der Waals surface area contributed by atoms with Gasteiger partial charge in [0.2, 0.25) is 5.91 Å². The number of methoxy groups -OCH3 is 1. The molecule has 1 amide bonds. The van der Waals surface area contributed by atoms with Gasteiger partial charge in [-0.1, -0.05) is 5.21 Å². The average Bonchev–Trinajstić information content (AvgIpc) is 2.76. The number of aromatic carboxylic acids is 1. The number of hydrogen-bond donors (Lipinski definition) is 1. The Labute approximate surface area is 111 Å². The van der Waals surface area contributed by atoms with E-state index >= 15 is 0 Å². The molecule has 0 saturated heterocycles. The van der Waals surface area contributed by atoms with Crippen LogP contribution < -0.4 is 0 Å². The van der Waals surface area contributed by atoms with Crippen molar-refractivity contribution in [1.29, 1.82) is 0 Å². The van der Waals surface area contributed by atoms with Crippen LogP contribution in [0, 0.1) is 0 Å². The van der Waals surface area contributed by atoms with Gasteiger partial charge in [-0.3, -0.25) is 4.79 Å². The van der Waals surface area contributed by atoms with E-state index in [1.165, 1.54) is 16.7 Å². The Morgan fingerprint density at radius 1 is 1.42 bits per heavy atom. The Morgan fingerprint density at radius 2 is 2.11 bits per heavy atom. The lowest BCUT2D eigenvalue weighted by atomic mass is 10.2. The van der Waals surface area contributed by atoms with Gasteiger partial charge in [0, 0.05) is 34.0 Å². The summed E-state index contributed by atoms with van der Waals surface area (Å²) in [4.78, 5) is 24.0. The summed E-state index contributed by atoms with van der Waals surface area (Å²) >= 11 is 0. The van der Waals surface area contributed by atoms with Crippen molar-refractivity contribution < 1.29 is 19.4 Å². The van der Waals surface area contributed by atoms with Crippen LogP contribution in [-0.2, 0) is 22.5 Å². The maximum absolute atomic E-state index is 11.5. The standard InChI is InChI=1S/C11H18N4O4/c1-14(2)9(16)4-6-15-8(5-7-19-3)10(11(17)18)12-13-15/h4-7H2,1-3H3,(H,17,18). The molecule has 0 unspecified atom stereocenters. The number of carboxylic acid groups (broad SMARTS) is 1. The molecule has 1 heterocycles. The number of carbonyl (C=O) groups excluding carboxylic acids is 1. The number of carbonyl (C=O) groups is 2. The maximum atomic E-state index is 11.5. The Bertz CT molecular complexity index is 456. The second-order valence-electron chi connectivity index (χ2n) is 4.19. The van der Waals surface area contributed by atoms with E-state index < -0.39 is 5.97 Å². The quantitative estimate of drug-likeness (QED) is 0.727. The minimum absolute atomic E-state index is 0.0509. The van der Waals surface area contributed by atoms with E-state index in [1.54, 1.807) is 14.1 Å². The molecule has 1 aromatic rings. The number of rotatable bonds is 7. The summed E-state index contributed by atoms with van der Waals surface area (Å²) < 4.78 is 6.38. The first-order valence-electron chi connectivity index (χ1n) is 5.82. The number of ether oxygens (including phenoxy) is 1. The van der Waals surface area contributed by atoms with E-state index in [2.05, 4.69) is 10.3 Å². The maximum Gasteiger partial charge on any atom is 0.358 e. The highest BCUT2D eigenvalue weighted by Crippen LogP contribution is 2.08. The van der Waals surface area contributed by atoms with Crippen LogP contribution in [0.5, 0.6) is 0 Å². The van der Waals surface area contributed by atoms with Crippen molar-refractivity contribution in [2.24, 2.45) is 0 Å². The lowest BCUT2D eigenvalue weighted by molar-refractivity contribution is -0.128. The number of hydrogen-bond acceptors (Lipinski definition) is 5. The predicted octanol–water partition coefficient (Wildman–Crippen LogP) is -0.356. The lowest BCUT2D eigenvalue weighted by Crippen LogP contribution is -2.23. The number of aromatic nitrogens is 3. The van der Waals surface area contributed by atoms with Gasteiger partial charge in [-0.2, -0.15) is 0 Å². The summed E-state index contributed by atoms with van der Waals surface area (Å²) in [6.07, 6.45) is 0.636. The Hall–Kier alpha value is -1.96. The second kappa shape index (κ2) is 6.83. The molecule has 1 N–H and O–H groups in total. The zero-order chi connectivity index (χ0) is 14.4. The highest BCUT2D eigenvalue weighted by atomic mass is 16.5. The van der Waals surface area contributed by atoms with Gasteiger partial charge in [-0.25, -0.2) is 9.48 Å². The van der Waals surface area contributed by atoms with Crippen LogP contribution in [0.15, 0.2) is 0 Å². The van der Waals surface area contributed by atoms with Crippen LogP contribution in [-0.4, -0.2) is 64.7 Å². The zero-order valence-corrected chi connectivity index (χ0v) is 11.3. The van der Waals surface area contributed by atoms with Crippen LogP contribution >= 0.6 is 0 Å². The van der Waals surface area contributed by atoms with Crippen molar-refractivity contribution in [3.05, 3.63) is 11.4 Å². The van der Waals surface area contributed by atoms with Gasteiger partial charge in [-0.15, -0.1) is 5.10 Å². The smallest absolute Gasteiger partial charge is 0.358 e. The highest BCUT2D eigenvalue weighted by Gasteiger charge is 2.19. The van der Waals surface area contributed by atoms with Gasteiger partial charge in [-0.05, 0) is 0 Å². The number of nitrogens with zero attached hydrogens (tertiary/aromatic N) is 4. The van der Waals surface area contributed by atoms with Crippen LogP contribution in [0.3, 0.4) is 0 Å². The van der Waals surface area contributed by atoms with E-state index in [-0.39, 0.29) is 18.0 Å². The van der Waals surface area contributed by atoms with E-state index in [0.29, 0.717) is 25.3 Å². The SMILES string of the molecule is COCCc1c(C(=O)O)nnn1CCC(=O)N(C)C. The van der Waals surface area contributed by atoms with Crippen LogP contribution in [0.25, 0.3) is 0 Å². The fourth-order valence-corrected chi connectivity index (χ4v) is 1.55. The van der Waals surface area contributed by atoms with E-state index in [0.717, 1.165) is 0 Å². The van der Waals surface area contributed by atoms with Gasteiger partial charge in [0.15, 0.2) is 5.69 Å². The molecular weight excluding hydrogens is 252 g/mol. The van der Waals surface area contributed by atoms with Gasteiger partial charge < -0.3 is 14.7 Å². The normalized spacial score (nSPS) is 10.5. The summed E-state index contributed by atoms with van der Waals surface area (Å²) in [7, 11) is 4.86. The molecular formula is C11H18N4O4. The van der Waals surface area contributed by atoms with Crippen molar-refractivity contribution in [2.45, 2.75) is 19.4 Å².